The topological polar surface area (TPSA) is 29.3 Å². The summed E-state index contributed by atoms with van der Waals surface area (Å²) in [5.74, 6) is 1.23. The summed E-state index contributed by atoms with van der Waals surface area (Å²) < 4.78 is 14.3. The van der Waals surface area contributed by atoms with Crippen LogP contribution >= 0.6 is 0 Å². The van der Waals surface area contributed by atoms with Crippen LogP contribution in [0.4, 0.5) is 10.1 Å². The number of halogens is 1. The lowest BCUT2D eigenvalue weighted by Gasteiger charge is -2.24. The number of nitrogens with two attached hydrogens (primary N) is 1. The fourth-order valence-electron chi connectivity index (χ4n) is 3.04. The number of anilines is 1. The summed E-state index contributed by atoms with van der Waals surface area (Å²) in [6.07, 6.45) is 2.84. The quantitative estimate of drug-likeness (QED) is 0.892. The van der Waals surface area contributed by atoms with E-state index in [1.165, 1.54) is 0 Å². The zero-order chi connectivity index (χ0) is 14.7. The third-order valence-corrected chi connectivity index (χ3v) is 4.56. The lowest BCUT2D eigenvalue weighted by molar-refractivity contribution is 0.422. The van der Waals surface area contributed by atoms with Crippen molar-refractivity contribution in [1.29, 1.82) is 0 Å². The highest BCUT2D eigenvalue weighted by Gasteiger charge is 2.28. The third-order valence-electron chi connectivity index (χ3n) is 4.56. The summed E-state index contributed by atoms with van der Waals surface area (Å²) in [5, 5.41) is 0. The van der Waals surface area contributed by atoms with Crippen molar-refractivity contribution in [2.24, 2.45) is 17.6 Å². The van der Waals surface area contributed by atoms with Crippen LogP contribution in [0.2, 0.25) is 0 Å². The number of nitrogens with zero attached hydrogens (tertiary/aromatic N) is 1. The van der Waals surface area contributed by atoms with E-state index in [0.717, 1.165) is 43.6 Å². The maximum Gasteiger partial charge on any atom is 0.146 e. The maximum absolute atomic E-state index is 14.3. The van der Waals surface area contributed by atoms with E-state index in [1.807, 2.05) is 6.07 Å². The molecule has 0 radical (unpaired) electrons. The molecular formula is C17H27FN2. The first-order chi connectivity index (χ1) is 9.52. The molecule has 1 fully saturated rings. The Bertz CT molecular complexity index is 445. The van der Waals surface area contributed by atoms with Gasteiger partial charge in [0.1, 0.15) is 5.82 Å². The normalized spacial score (nSPS) is 20.7. The number of rotatable bonds is 5. The molecule has 2 N–H and O–H groups in total. The van der Waals surface area contributed by atoms with Crippen molar-refractivity contribution in [1.82, 2.24) is 0 Å². The highest BCUT2D eigenvalue weighted by Crippen LogP contribution is 2.33. The van der Waals surface area contributed by atoms with Gasteiger partial charge in [0.15, 0.2) is 0 Å². The van der Waals surface area contributed by atoms with Gasteiger partial charge in [-0.3, -0.25) is 0 Å². The van der Waals surface area contributed by atoms with E-state index in [2.05, 4.69) is 25.7 Å². The minimum absolute atomic E-state index is 0.102. The average molecular weight is 278 g/mol. The first-order valence-corrected chi connectivity index (χ1v) is 7.80. The smallest absolute Gasteiger partial charge is 0.146 e. The van der Waals surface area contributed by atoms with Crippen LogP contribution in [0.15, 0.2) is 18.2 Å². The molecular weight excluding hydrogens is 251 g/mol. The van der Waals surface area contributed by atoms with Crippen molar-refractivity contribution in [3.05, 3.63) is 29.6 Å². The lowest BCUT2D eigenvalue weighted by atomic mass is 9.95. The molecule has 112 valence electrons. The van der Waals surface area contributed by atoms with Gasteiger partial charge in [0, 0.05) is 19.1 Å². The second-order valence-electron chi connectivity index (χ2n) is 6.36. The molecule has 2 unspecified atom stereocenters. The summed E-state index contributed by atoms with van der Waals surface area (Å²) in [6.45, 7) is 8.51. The molecule has 0 bridgehead atoms. The predicted octanol–water partition coefficient (Wildman–Crippen LogP) is 3.59. The van der Waals surface area contributed by atoms with E-state index in [-0.39, 0.29) is 11.9 Å². The van der Waals surface area contributed by atoms with Crippen molar-refractivity contribution in [2.45, 2.75) is 46.1 Å². The Labute approximate surface area is 122 Å². The van der Waals surface area contributed by atoms with Crippen molar-refractivity contribution in [3.8, 4) is 0 Å². The number of hydrogen-bond donors (Lipinski definition) is 1. The second kappa shape index (κ2) is 6.57. The van der Waals surface area contributed by atoms with E-state index in [1.54, 1.807) is 12.1 Å². The molecule has 0 aromatic heterocycles. The zero-order valence-electron chi connectivity index (χ0n) is 12.9. The van der Waals surface area contributed by atoms with Crippen LogP contribution in [-0.4, -0.2) is 19.1 Å². The van der Waals surface area contributed by atoms with Gasteiger partial charge in [-0.1, -0.05) is 32.9 Å². The summed E-state index contributed by atoms with van der Waals surface area (Å²) in [4.78, 5) is 2.22. The van der Waals surface area contributed by atoms with Crippen molar-refractivity contribution >= 4 is 5.69 Å². The first kappa shape index (κ1) is 15.3. The Hall–Kier alpha value is -1.09. The highest BCUT2D eigenvalue weighted by atomic mass is 19.1. The van der Waals surface area contributed by atoms with Gasteiger partial charge in [-0.2, -0.15) is 0 Å². The fourth-order valence-corrected chi connectivity index (χ4v) is 3.04. The van der Waals surface area contributed by atoms with Crippen LogP contribution in [0.25, 0.3) is 0 Å². The molecule has 0 saturated carbocycles. The molecule has 1 heterocycles. The van der Waals surface area contributed by atoms with E-state index in [0.29, 0.717) is 11.8 Å². The maximum atomic E-state index is 14.3. The van der Waals surface area contributed by atoms with E-state index < -0.39 is 0 Å². The van der Waals surface area contributed by atoms with Gasteiger partial charge in [0.25, 0.3) is 0 Å². The number of hydrogen-bond acceptors (Lipinski definition) is 2. The van der Waals surface area contributed by atoms with Crippen LogP contribution in [0.3, 0.4) is 0 Å². The molecule has 1 aromatic carbocycles. The van der Waals surface area contributed by atoms with Crippen molar-refractivity contribution in [3.63, 3.8) is 0 Å². The number of para-hydroxylation sites is 1. The standard InChI is InChI=1S/C17H27FN2/c1-4-15(19)10-13-6-5-7-16(18)17(13)20-9-8-14(11-20)12(2)3/h5-7,12,14-15H,4,8-11,19H2,1-3H3. The predicted molar refractivity (Wildman–Crippen MR) is 83.5 cm³/mol. The zero-order valence-corrected chi connectivity index (χ0v) is 12.9. The van der Waals surface area contributed by atoms with Crippen LogP contribution in [0, 0.1) is 17.7 Å². The Balaban J connectivity index is 2.22. The molecule has 1 aromatic rings. The Morgan fingerprint density at radius 3 is 2.75 bits per heavy atom. The Morgan fingerprint density at radius 2 is 2.15 bits per heavy atom. The number of benzene rings is 1. The minimum Gasteiger partial charge on any atom is -0.369 e. The van der Waals surface area contributed by atoms with Gasteiger partial charge < -0.3 is 10.6 Å². The Morgan fingerprint density at radius 1 is 1.40 bits per heavy atom. The summed E-state index contributed by atoms with van der Waals surface area (Å²) in [6, 6.07) is 5.50. The highest BCUT2D eigenvalue weighted by molar-refractivity contribution is 5.56. The molecule has 2 nitrogen and oxygen atoms in total. The Kier molecular flexibility index (Phi) is 5.03. The molecule has 2 atom stereocenters. The molecule has 0 amide bonds. The second-order valence-corrected chi connectivity index (χ2v) is 6.36. The van der Waals surface area contributed by atoms with E-state index >= 15 is 0 Å². The molecule has 1 saturated heterocycles. The molecule has 20 heavy (non-hydrogen) atoms. The van der Waals surface area contributed by atoms with Gasteiger partial charge >= 0.3 is 0 Å². The van der Waals surface area contributed by atoms with Crippen molar-refractivity contribution in [2.75, 3.05) is 18.0 Å². The monoisotopic (exact) mass is 278 g/mol. The molecule has 1 aliphatic rings. The third kappa shape index (κ3) is 3.32. The SMILES string of the molecule is CCC(N)Cc1cccc(F)c1N1CCC(C(C)C)C1. The fraction of sp³-hybridized carbons (Fsp3) is 0.647. The van der Waals surface area contributed by atoms with Gasteiger partial charge in [-0.05, 0) is 42.7 Å². The van der Waals surface area contributed by atoms with Crippen LogP contribution in [0.5, 0.6) is 0 Å². The van der Waals surface area contributed by atoms with Gasteiger partial charge in [-0.15, -0.1) is 0 Å². The van der Waals surface area contributed by atoms with Crippen LogP contribution < -0.4 is 10.6 Å². The molecule has 1 aliphatic heterocycles. The molecule has 3 heteroatoms. The van der Waals surface area contributed by atoms with Crippen LogP contribution in [-0.2, 0) is 6.42 Å². The molecule has 0 aliphatic carbocycles. The summed E-state index contributed by atoms with van der Waals surface area (Å²) >= 11 is 0. The lowest BCUT2D eigenvalue weighted by Crippen LogP contribution is -2.26. The first-order valence-electron chi connectivity index (χ1n) is 7.80. The summed E-state index contributed by atoms with van der Waals surface area (Å²) in [7, 11) is 0. The molecule has 0 spiro atoms. The molecule has 2 rings (SSSR count). The minimum atomic E-state index is -0.102. The average Bonchev–Trinajstić information content (AvgIpc) is 2.88. The van der Waals surface area contributed by atoms with Gasteiger partial charge in [0.05, 0.1) is 5.69 Å². The van der Waals surface area contributed by atoms with Crippen molar-refractivity contribution < 1.29 is 4.39 Å². The van der Waals surface area contributed by atoms with Gasteiger partial charge in [-0.25, -0.2) is 4.39 Å². The van der Waals surface area contributed by atoms with Gasteiger partial charge in [0.2, 0.25) is 0 Å². The largest absolute Gasteiger partial charge is 0.369 e. The van der Waals surface area contributed by atoms with E-state index in [4.69, 9.17) is 5.73 Å². The van der Waals surface area contributed by atoms with E-state index in [9.17, 15) is 4.39 Å². The summed E-state index contributed by atoms with van der Waals surface area (Å²) in [5.41, 5.74) is 7.91. The van der Waals surface area contributed by atoms with Crippen LogP contribution in [0.1, 0.15) is 39.2 Å².